The molecule has 1 atom stereocenters. The minimum atomic E-state index is -1.39. The lowest BCUT2D eigenvalue weighted by Crippen LogP contribution is -2.24. The van der Waals surface area contributed by atoms with Crippen LogP contribution in [0.5, 0.6) is 0 Å². The molecular weight excluding hydrogens is 236 g/mol. The molecule has 0 fully saturated rings. The number of rotatable bonds is 5. The number of aromatic nitrogens is 2. The average Bonchev–Trinajstić information content (AvgIpc) is 2.31. The number of carboxylic acids is 1. The topological polar surface area (TPSA) is 108 Å². The van der Waals surface area contributed by atoms with Crippen LogP contribution in [0.15, 0.2) is 22.1 Å². The molecule has 1 unspecified atom stereocenters. The minimum absolute atomic E-state index is 0.0609. The zero-order valence-corrected chi connectivity index (χ0v) is 10.1. The predicted octanol–water partition coefficient (Wildman–Crippen LogP) is 0.611. The van der Waals surface area contributed by atoms with E-state index in [-0.39, 0.29) is 6.04 Å². The van der Waals surface area contributed by atoms with Crippen LogP contribution in [0.2, 0.25) is 0 Å². The second-order valence-electron chi connectivity index (χ2n) is 3.86. The highest BCUT2D eigenvalue weighted by molar-refractivity contribution is 5.86. The molecule has 0 bridgehead atoms. The van der Waals surface area contributed by atoms with Gasteiger partial charge in [-0.05, 0) is 13.8 Å². The fraction of sp³-hybridized carbons (Fsp3) is 0.364. The molecule has 1 aromatic rings. The predicted molar refractivity (Wildman–Crippen MR) is 66.9 cm³/mol. The number of carbonyl (C=O) groups is 1. The van der Waals surface area contributed by atoms with Gasteiger partial charge in [0.1, 0.15) is 6.04 Å². The van der Waals surface area contributed by atoms with Gasteiger partial charge in [0.05, 0.1) is 0 Å². The molecule has 96 valence electrons. The highest BCUT2D eigenvalue weighted by Gasteiger charge is 2.13. The second kappa shape index (κ2) is 5.85. The Hall–Kier alpha value is -2.31. The number of hydrogen-bond acceptors (Lipinski definition) is 5. The third-order valence-electron chi connectivity index (χ3n) is 2.04. The smallest absolute Gasteiger partial charge is 0.360 e. The van der Waals surface area contributed by atoms with Crippen molar-refractivity contribution in [2.45, 2.75) is 25.9 Å². The summed E-state index contributed by atoms with van der Waals surface area (Å²) in [4.78, 5) is 26.1. The van der Waals surface area contributed by atoms with Crippen molar-refractivity contribution in [1.29, 1.82) is 5.41 Å². The Morgan fingerprint density at radius 1 is 1.61 bits per heavy atom. The van der Waals surface area contributed by atoms with Crippen molar-refractivity contribution < 1.29 is 9.90 Å². The maximum absolute atomic E-state index is 11.2. The van der Waals surface area contributed by atoms with E-state index in [9.17, 15) is 9.59 Å². The van der Waals surface area contributed by atoms with Crippen LogP contribution in [0.4, 0.5) is 0 Å². The van der Waals surface area contributed by atoms with Gasteiger partial charge >= 0.3 is 5.97 Å². The van der Waals surface area contributed by atoms with E-state index in [1.165, 1.54) is 17.1 Å². The number of hydrogen-bond donors (Lipinski definition) is 2. The van der Waals surface area contributed by atoms with Gasteiger partial charge in [0.15, 0.2) is 0 Å². The van der Waals surface area contributed by atoms with E-state index in [0.717, 1.165) is 12.3 Å². The van der Waals surface area contributed by atoms with E-state index in [4.69, 9.17) is 10.5 Å². The summed E-state index contributed by atoms with van der Waals surface area (Å²) in [6.07, 6.45) is 3.88. The third kappa shape index (κ3) is 3.34. The van der Waals surface area contributed by atoms with Gasteiger partial charge in [-0.15, -0.1) is 0 Å². The van der Waals surface area contributed by atoms with Gasteiger partial charge in [0, 0.05) is 30.7 Å². The molecule has 0 saturated heterocycles. The molecule has 0 aliphatic rings. The molecule has 0 aliphatic heterocycles. The fourth-order valence-electron chi connectivity index (χ4n) is 1.18. The van der Waals surface area contributed by atoms with Gasteiger partial charge in [-0.2, -0.15) is 5.10 Å². The zero-order valence-electron chi connectivity index (χ0n) is 10.1. The number of nitrogens with one attached hydrogen (secondary N) is 1. The number of nitrogens with zero attached hydrogens (tertiary/aromatic N) is 3. The van der Waals surface area contributed by atoms with Gasteiger partial charge in [-0.1, -0.05) is 0 Å². The first-order valence-corrected chi connectivity index (χ1v) is 5.32. The van der Waals surface area contributed by atoms with Gasteiger partial charge in [0.25, 0.3) is 0 Å². The fourth-order valence-corrected chi connectivity index (χ4v) is 1.18. The Morgan fingerprint density at radius 2 is 2.28 bits per heavy atom. The monoisotopic (exact) mass is 250 g/mol. The maximum Gasteiger partial charge on any atom is 0.360 e. The second-order valence-corrected chi connectivity index (χ2v) is 3.86. The maximum atomic E-state index is 11.2. The lowest BCUT2D eigenvalue weighted by atomic mass is 10.3. The molecule has 0 amide bonds. The summed E-state index contributed by atoms with van der Waals surface area (Å²) in [5, 5.41) is 19.7. The summed E-state index contributed by atoms with van der Waals surface area (Å²) < 4.78 is 1.21. The Morgan fingerprint density at radius 3 is 2.78 bits per heavy atom. The summed E-state index contributed by atoms with van der Waals surface area (Å²) >= 11 is 0. The van der Waals surface area contributed by atoms with Gasteiger partial charge < -0.3 is 10.5 Å². The standard InChI is InChI=1S/C11H14N4O3/c1-7(2)13-6-8(5-12)15-4-3-9(16)10(14-15)11(17)18/h3-8,12H,1-2H3,(H,17,18). The molecule has 0 spiro atoms. The number of carboxylic acid groups (broad SMARTS) is 1. The largest absolute Gasteiger partial charge is 0.476 e. The van der Waals surface area contributed by atoms with E-state index >= 15 is 0 Å². The van der Waals surface area contributed by atoms with Gasteiger partial charge in [0.2, 0.25) is 11.1 Å². The Balaban J connectivity index is 3.15. The number of aromatic carboxylic acids is 1. The molecule has 1 rings (SSSR count). The summed E-state index contributed by atoms with van der Waals surface area (Å²) in [6, 6.07) is 0.563. The van der Waals surface area contributed by atoms with Crippen molar-refractivity contribution in [2.75, 3.05) is 0 Å². The molecule has 0 aliphatic carbocycles. The minimum Gasteiger partial charge on any atom is -0.476 e. The Bertz CT molecular complexity index is 533. The third-order valence-corrected chi connectivity index (χ3v) is 2.04. The van der Waals surface area contributed by atoms with Crippen molar-refractivity contribution in [3.8, 4) is 0 Å². The van der Waals surface area contributed by atoms with Crippen molar-refractivity contribution in [2.24, 2.45) is 4.99 Å². The van der Waals surface area contributed by atoms with Crippen LogP contribution in [-0.2, 0) is 0 Å². The van der Waals surface area contributed by atoms with Crippen molar-refractivity contribution in [3.63, 3.8) is 0 Å². The average molecular weight is 250 g/mol. The lowest BCUT2D eigenvalue weighted by molar-refractivity contribution is 0.0686. The number of aliphatic imine (C=N–C) groups is 1. The molecular formula is C11H14N4O3. The van der Waals surface area contributed by atoms with Crippen molar-refractivity contribution in [1.82, 2.24) is 9.78 Å². The Kier molecular flexibility index (Phi) is 4.47. The first-order valence-electron chi connectivity index (χ1n) is 5.32. The van der Waals surface area contributed by atoms with Gasteiger partial charge in [-0.25, -0.2) is 4.79 Å². The lowest BCUT2D eigenvalue weighted by Gasteiger charge is -2.10. The van der Waals surface area contributed by atoms with E-state index in [2.05, 4.69) is 10.1 Å². The molecule has 0 radical (unpaired) electrons. The normalized spacial score (nSPS) is 12.8. The van der Waals surface area contributed by atoms with Crippen molar-refractivity contribution >= 4 is 18.4 Å². The Labute approximate surface area is 103 Å². The molecule has 1 aromatic heterocycles. The van der Waals surface area contributed by atoms with Gasteiger partial charge in [-0.3, -0.25) is 14.5 Å². The highest BCUT2D eigenvalue weighted by atomic mass is 16.4. The molecule has 1 heterocycles. The van der Waals surface area contributed by atoms with Crippen LogP contribution in [0.3, 0.4) is 0 Å². The molecule has 0 aromatic carbocycles. The van der Waals surface area contributed by atoms with E-state index in [1.54, 1.807) is 0 Å². The summed E-state index contributed by atoms with van der Waals surface area (Å²) in [5.74, 6) is -1.39. The summed E-state index contributed by atoms with van der Waals surface area (Å²) in [6.45, 7) is 3.75. The summed E-state index contributed by atoms with van der Waals surface area (Å²) in [5.41, 5.74) is -1.23. The molecule has 7 nitrogen and oxygen atoms in total. The molecule has 7 heteroatoms. The van der Waals surface area contributed by atoms with Crippen LogP contribution in [0.1, 0.15) is 30.4 Å². The van der Waals surface area contributed by atoms with Crippen LogP contribution in [-0.4, -0.2) is 39.3 Å². The first kappa shape index (κ1) is 13.8. The van der Waals surface area contributed by atoms with E-state index in [1.807, 2.05) is 13.8 Å². The van der Waals surface area contributed by atoms with Crippen LogP contribution in [0, 0.1) is 5.41 Å². The quantitative estimate of drug-likeness (QED) is 0.746. The van der Waals surface area contributed by atoms with Crippen LogP contribution in [0.25, 0.3) is 0 Å². The molecule has 18 heavy (non-hydrogen) atoms. The summed E-state index contributed by atoms with van der Waals surface area (Å²) in [7, 11) is 0. The molecule has 0 saturated carbocycles. The van der Waals surface area contributed by atoms with Crippen molar-refractivity contribution in [3.05, 3.63) is 28.2 Å². The van der Waals surface area contributed by atoms with E-state index < -0.39 is 23.1 Å². The zero-order chi connectivity index (χ0) is 13.7. The first-order chi connectivity index (χ1) is 8.45. The van der Waals surface area contributed by atoms with Crippen LogP contribution >= 0.6 is 0 Å². The highest BCUT2D eigenvalue weighted by Crippen LogP contribution is 1.99. The SMILES string of the molecule is CC(C)N=CC(C=N)n1ccc(=O)c(C(=O)O)n1. The van der Waals surface area contributed by atoms with E-state index in [0.29, 0.717) is 0 Å². The van der Waals surface area contributed by atoms with Crippen LogP contribution < -0.4 is 5.43 Å². The molecule has 2 N–H and O–H groups in total.